The molecule has 1 N–H and O–H groups in total. The summed E-state index contributed by atoms with van der Waals surface area (Å²) >= 11 is 0. The van der Waals surface area contributed by atoms with Gasteiger partial charge in [-0.05, 0) is 0 Å². The van der Waals surface area contributed by atoms with E-state index < -0.39 is 90.6 Å². The van der Waals surface area contributed by atoms with Crippen molar-refractivity contribution in [1.82, 2.24) is 0 Å². The minimum Gasteiger partial charge on any atom is -0.263 e. The molecule has 21 heteroatoms. The van der Waals surface area contributed by atoms with Crippen LogP contribution in [0.2, 0.25) is 0 Å². The molecule has 11 atom stereocenters. The molecule has 11 unspecified atom stereocenters. The van der Waals surface area contributed by atoms with Gasteiger partial charge in [-0.15, -0.1) is 0 Å². The maximum Gasteiger partial charge on any atom is 0.456 e. The second-order valence-electron chi connectivity index (χ2n) is 6.40. The Morgan fingerprint density at radius 1 is 0.529 bits per heavy atom. The predicted octanol–water partition coefficient (Wildman–Crippen LogP) is 4.68. The largest absolute Gasteiger partial charge is 0.456 e. The van der Waals surface area contributed by atoms with Crippen LogP contribution in [0.4, 0.5) is 70.2 Å². The van der Waals surface area contributed by atoms with Gasteiger partial charge in [-0.25, -0.2) is 52.5 Å². The number of hydrogen-bond donors (Lipinski definition) is 1. The van der Waals surface area contributed by atoms with Crippen LogP contribution >= 0.6 is 0 Å². The van der Waals surface area contributed by atoms with Crippen LogP contribution in [0.1, 0.15) is 0 Å². The van der Waals surface area contributed by atoms with E-state index >= 15 is 0 Å². The van der Waals surface area contributed by atoms with Crippen molar-refractivity contribution < 1.29 is 87.4 Å². The summed E-state index contributed by atoms with van der Waals surface area (Å²) in [5.41, 5.74) is 0. The van der Waals surface area contributed by atoms with Gasteiger partial charge in [-0.1, -0.05) is 0 Å². The first kappa shape index (κ1) is 32.8. The zero-order valence-corrected chi connectivity index (χ0v) is 16.3. The summed E-state index contributed by atoms with van der Waals surface area (Å²) in [6.07, 6.45) is -56.8. The molecule has 0 radical (unpaired) electrons. The molecule has 0 aliphatic rings. The molecule has 0 aliphatic heterocycles. The van der Waals surface area contributed by atoms with Crippen molar-refractivity contribution in [3.63, 3.8) is 0 Å². The highest BCUT2D eigenvalue weighted by Gasteiger charge is 2.67. The minimum atomic E-state index is -6.86. The summed E-state index contributed by atoms with van der Waals surface area (Å²) in [5, 5.41) is 0. The van der Waals surface area contributed by atoms with Crippen molar-refractivity contribution in [2.45, 2.75) is 80.2 Å². The first-order valence-electron chi connectivity index (χ1n) is 8.14. The van der Waals surface area contributed by atoms with E-state index in [9.17, 15) is 78.7 Å². The smallest absolute Gasteiger partial charge is 0.263 e. The van der Waals surface area contributed by atoms with Gasteiger partial charge >= 0.3 is 22.5 Å². The van der Waals surface area contributed by atoms with Crippen molar-refractivity contribution in [2.75, 3.05) is 0 Å². The normalized spacial score (nSPS) is 23.7. The fraction of sp³-hybridized carbons (Fsp3) is 1.00. The highest BCUT2D eigenvalue weighted by Crippen LogP contribution is 2.42. The summed E-state index contributed by atoms with van der Waals surface area (Å²) in [7, 11) is -5.85. The van der Waals surface area contributed by atoms with E-state index in [0.717, 1.165) is 0 Å². The predicted molar refractivity (Wildman–Crippen MR) is 77.5 cm³/mol. The molecule has 0 bridgehead atoms. The van der Waals surface area contributed by atoms with Gasteiger partial charge in [0.25, 0.3) is 6.36 Å². The summed E-state index contributed by atoms with van der Waals surface area (Å²) in [5.74, 6) is -6.67. The third-order valence-corrected chi connectivity index (χ3v) is 4.33. The summed E-state index contributed by atoms with van der Waals surface area (Å²) in [6.45, 7) is 0. The van der Waals surface area contributed by atoms with E-state index in [4.69, 9.17) is 4.55 Å². The second-order valence-corrected chi connectivity index (χ2v) is 7.45. The third-order valence-electron chi connectivity index (χ3n) is 3.90. The Balaban J connectivity index is 5.39. The Kier molecular flexibility index (Phi) is 11.2. The first-order valence-corrected chi connectivity index (χ1v) is 9.50. The van der Waals surface area contributed by atoms with Crippen molar-refractivity contribution in [3.8, 4) is 0 Å². The summed E-state index contributed by atoms with van der Waals surface area (Å²) < 4.78 is 239. The van der Waals surface area contributed by atoms with Crippen LogP contribution in [0.5, 0.6) is 0 Å². The van der Waals surface area contributed by atoms with E-state index in [2.05, 4.69) is 4.18 Å². The van der Waals surface area contributed by atoms with Crippen LogP contribution in [-0.2, 0) is 14.6 Å². The van der Waals surface area contributed by atoms with Gasteiger partial charge < -0.3 is 0 Å². The molecule has 0 saturated carbocycles. The lowest BCUT2D eigenvalue weighted by atomic mass is 9.94. The fourth-order valence-corrected chi connectivity index (χ4v) is 2.40. The van der Waals surface area contributed by atoms with Crippen molar-refractivity contribution in [2.24, 2.45) is 0 Å². The lowest BCUT2D eigenvalue weighted by Gasteiger charge is -2.30. The highest BCUT2D eigenvalue weighted by molar-refractivity contribution is 7.80. The molecule has 0 aromatic carbocycles. The summed E-state index contributed by atoms with van der Waals surface area (Å²) in [4.78, 5) is 0. The van der Waals surface area contributed by atoms with Crippen LogP contribution in [-0.4, -0.2) is 93.1 Å². The van der Waals surface area contributed by atoms with Gasteiger partial charge in [-0.2, -0.15) is 30.4 Å². The van der Waals surface area contributed by atoms with Gasteiger partial charge in [0, 0.05) is 0 Å². The summed E-state index contributed by atoms with van der Waals surface area (Å²) in [6, 6.07) is 0. The molecule has 0 rings (SSSR count). The zero-order chi connectivity index (χ0) is 27.6. The first-order chi connectivity index (χ1) is 15.0. The van der Waals surface area contributed by atoms with Crippen LogP contribution in [0.15, 0.2) is 0 Å². The average molecular weight is 568 g/mol. The number of alkyl halides is 16. The van der Waals surface area contributed by atoms with Gasteiger partial charge in [0.1, 0.15) is 0 Å². The van der Waals surface area contributed by atoms with E-state index in [-0.39, 0.29) is 0 Å². The average Bonchev–Trinajstić information content (AvgIpc) is 2.71. The van der Waals surface area contributed by atoms with Gasteiger partial charge in [0.2, 0.25) is 6.17 Å². The van der Waals surface area contributed by atoms with E-state index in [1.54, 1.807) is 0 Å². The Labute approximate surface area is 179 Å². The third kappa shape index (κ3) is 7.89. The monoisotopic (exact) mass is 568 g/mol. The molecule has 0 fully saturated rings. The van der Waals surface area contributed by atoms with Crippen molar-refractivity contribution in [1.29, 1.82) is 0 Å². The molecule has 0 saturated heterocycles. The van der Waals surface area contributed by atoms with Gasteiger partial charge in [0.15, 0.2) is 55.5 Å². The lowest BCUT2D eigenvalue weighted by molar-refractivity contribution is -0.311. The molecule has 0 amide bonds. The van der Waals surface area contributed by atoms with E-state index in [1.165, 1.54) is 0 Å². The molecule has 0 aliphatic carbocycles. The van der Waals surface area contributed by atoms with Crippen LogP contribution in [0.3, 0.4) is 0 Å². The van der Waals surface area contributed by atoms with Crippen LogP contribution in [0, 0.1) is 0 Å². The fourth-order valence-electron chi connectivity index (χ4n) is 2.06. The Morgan fingerprint density at radius 3 is 1.06 bits per heavy atom. The van der Waals surface area contributed by atoms with Gasteiger partial charge in [0.05, 0.1) is 0 Å². The van der Waals surface area contributed by atoms with Crippen molar-refractivity contribution in [3.05, 3.63) is 0 Å². The van der Waals surface area contributed by atoms with Crippen LogP contribution < -0.4 is 0 Å². The number of hydrogen-bond acceptors (Lipinski definition) is 3. The zero-order valence-electron chi connectivity index (χ0n) is 15.5. The topological polar surface area (TPSA) is 63.6 Å². The molecular weight excluding hydrogens is 556 g/mol. The Hall–Kier alpha value is -1.25. The van der Waals surface area contributed by atoms with E-state index in [0.29, 0.717) is 0 Å². The van der Waals surface area contributed by atoms with Crippen molar-refractivity contribution >= 4 is 10.4 Å². The molecule has 206 valence electrons. The van der Waals surface area contributed by atoms with E-state index in [1.807, 2.05) is 0 Å². The quantitative estimate of drug-likeness (QED) is 0.259. The standard InChI is InChI=1S/C13H12F16O4S/c14-1(3(16)5(18)7(20)9(22)11(24)33-34(30,31)32)2(15)4(17)6(19)8(21)10(23)12(25,26)13(27,28)29/h1-11H,(H,30,31,32). The molecule has 0 aromatic heterocycles. The second kappa shape index (κ2) is 11.7. The van der Waals surface area contributed by atoms with Gasteiger partial charge in [-0.3, -0.25) is 4.55 Å². The number of halogens is 16. The number of rotatable bonds is 13. The molecular formula is C13H12F16O4S. The maximum absolute atomic E-state index is 13.5. The minimum absolute atomic E-state index is 2.79. The van der Waals surface area contributed by atoms with Crippen LogP contribution in [0.25, 0.3) is 0 Å². The highest BCUT2D eigenvalue weighted by atomic mass is 32.3. The lowest BCUT2D eigenvalue weighted by Crippen LogP contribution is -2.54. The molecule has 0 heterocycles. The Bertz CT molecular complexity index is 737. The molecule has 34 heavy (non-hydrogen) atoms. The molecule has 0 spiro atoms. The maximum atomic E-state index is 13.5. The molecule has 4 nitrogen and oxygen atoms in total. The molecule has 0 aromatic rings. The SMILES string of the molecule is O=S(=O)(O)OC(F)C(F)C(F)C(F)C(F)C(F)C(F)C(F)C(F)C(F)C(F)C(F)(F)C(F)(F)F. The Morgan fingerprint density at radius 2 is 0.794 bits per heavy atom.